The molecule has 0 spiro atoms. The smallest absolute Gasteiger partial charge is 0.124 e. The lowest BCUT2D eigenvalue weighted by Crippen LogP contribution is -2.15. The van der Waals surface area contributed by atoms with Crippen molar-refractivity contribution in [3.8, 4) is 0 Å². The normalized spacial score (nSPS) is 12.6. The van der Waals surface area contributed by atoms with Crippen LogP contribution in [0.3, 0.4) is 0 Å². The third kappa shape index (κ3) is 3.32. The van der Waals surface area contributed by atoms with Crippen LogP contribution in [-0.4, -0.2) is 17.8 Å². The summed E-state index contributed by atoms with van der Waals surface area (Å²) in [5.74, 6) is -0.283. The van der Waals surface area contributed by atoms with Crippen molar-refractivity contribution in [2.24, 2.45) is 0 Å². The summed E-state index contributed by atoms with van der Waals surface area (Å²) in [5.41, 5.74) is 0.780. The first kappa shape index (κ1) is 10.5. The fraction of sp³-hybridized carbons (Fsp3) is 0.333. The largest absolute Gasteiger partial charge is 0.392 e. The van der Waals surface area contributed by atoms with Gasteiger partial charge >= 0.3 is 0 Å². The summed E-state index contributed by atoms with van der Waals surface area (Å²) in [5, 5.41) is 12.0. The Morgan fingerprint density at radius 3 is 2.85 bits per heavy atom. The van der Waals surface area contributed by atoms with E-state index in [9.17, 15) is 4.39 Å². The molecule has 0 radical (unpaired) electrons. The summed E-state index contributed by atoms with van der Waals surface area (Å²) >= 11 is 3.21. The second-order valence-electron chi connectivity index (χ2n) is 2.85. The maximum Gasteiger partial charge on any atom is 0.124 e. The molecule has 72 valence electrons. The molecule has 0 aliphatic heterocycles. The predicted molar refractivity (Wildman–Crippen MR) is 54.3 cm³/mol. The van der Waals surface area contributed by atoms with Gasteiger partial charge in [0.1, 0.15) is 5.82 Å². The fourth-order valence-electron chi connectivity index (χ4n) is 0.891. The zero-order valence-electron chi connectivity index (χ0n) is 7.22. The number of halogens is 2. The highest BCUT2D eigenvalue weighted by molar-refractivity contribution is 9.10. The van der Waals surface area contributed by atoms with Crippen LogP contribution in [0.5, 0.6) is 0 Å². The van der Waals surface area contributed by atoms with E-state index in [1.165, 1.54) is 12.1 Å². The highest BCUT2D eigenvalue weighted by atomic mass is 79.9. The Morgan fingerprint density at radius 1 is 1.62 bits per heavy atom. The van der Waals surface area contributed by atoms with Crippen molar-refractivity contribution in [1.29, 1.82) is 0 Å². The molecule has 0 aliphatic rings. The van der Waals surface area contributed by atoms with Crippen LogP contribution in [-0.2, 0) is 0 Å². The molecule has 0 aliphatic carbocycles. The number of hydrogen-bond donors (Lipinski definition) is 2. The number of benzene rings is 1. The first-order valence-corrected chi connectivity index (χ1v) is 4.76. The Hall–Kier alpha value is -0.610. The first-order valence-electron chi connectivity index (χ1n) is 3.96. The minimum atomic E-state index is -0.419. The van der Waals surface area contributed by atoms with Crippen molar-refractivity contribution in [3.63, 3.8) is 0 Å². The Kier molecular flexibility index (Phi) is 3.69. The topological polar surface area (TPSA) is 32.3 Å². The van der Waals surface area contributed by atoms with Gasteiger partial charge in [-0.15, -0.1) is 0 Å². The highest BCUT2D eigenvalue weighted by Gasteiger charge is 2.01. The summed E-state index contributed by atoms with van der Waals surface area (Å²) in [6.45, 7) is 2.13. The molecule has 1 rings (SSSR count). The van der Waals surface area contributed by atoms with Crippen molar-refractivity contribution >= 4 is 21.6 Å². The number of hydrogen-bond acceptors (Lipinski definition) is 2. The fourth-order valence-corrected chi connectivity index (χ4v) is 1.38. The summed E-state index contributed by atoms with van der Waals surface area (Å²) in [7, 11) is 0. The Labute approximate surface area is 84.9 Å². The monoisotopic (exact) mass is 247 g/mol. The number of aliphatic hydroxyl groups is 1. The van der Waals surface area contributed by atoms with Gasteiger partial charge in [-0.3, -0.25) is 0 Å². The lowest BCUT2D eigenvalue weighted by molar-refractivity contribution is 0.208. The van der Waals surface area contributed by atoms with Crippen molar-refractivity contribution < 1.29 is 9.50 Å². The van der Waals surface area contributed by atoms with Crippen LogP contribution in [0.1, 0.15) is 6.92 Å². The molecule has 0 saturated heterocycles. The molecule has 2 nitrogen and oxygen atoms in total. The molecular weight excluding hydrogens is 237 g/mol. The molecule has 1 aromatic carbocycles. The maximum atomic E-state index is 12.6. The molecule has 0 unspecified atom stereocenters. The predicted octanol–water partition coefficient (Wildman–Crippen LogP) is 2.38. The van der Waals surface area contributed by atoms with Gasteiger partial charge < -0.3 is 10.4 Å². The van der Waals surface area contributed by atoms with Crippen LogP contribution in [0.4, 0.5) is 10.1 Å². The standard InChI is InChI=1S/C9H11BrFNO/c1-6(13)5-12-9-3-2-7(11)4-8(9)10/h2-4,6,12-13H,5H2,1H3/t6-/m1/s1. The molecule has 0 amide bonds. The Balaban J connectivity index is 2.67. The maximum absolute atomic E-state index is 12.6. The van der Waals surface area contributed by atoms with E-state index in [1.54, 1.807) is 13.0 Å². The minimum absolute atomic E-state index is 0.283. The van der Waals surface area contributed by atoms with E-state index in [0.717, 1.165) is 5.69 Å². The van der Waals surface area contributed by atoms with E-state index < -0.39 is 6.10 Å². The molecule has 2 N–H and O–H groups in total. The van der Waals surface area contributed by atoms with E-state index in [2.05, 4.69) is 21.2 Å². The van der Waals surface area contributed by atoms with Gasteiger partial charge in [0.15, 0.2) is 0 Å². The Bertz CT molecular complexity index is 291. The van der Waals surface area contributed by atoms with Gasteiger partial charge in [0.25, 0.3) is 0 Å². The van der Waals surface area contributed by atoms with Crippen molar-refractivity contribution in [3.05, 3.63) is 28.5 Å². The number of aliphatic hydroxyl groups excluding tert-OH is 1. The third-order valence-corrected chi connectivity index (χ3v) is 2.18. The second-order valence-corrected chi connectivity index (χ2v) is 3.71. The van der Waals surface area contributed by atoms with Crippen LogP contribution in [0.2, 0.25) is 0 Å². The van der Waals surface area contributed by atoms with Crippen molar-refractivity contribution in [1.82, 2.24) is 0 Å². The van der Waals surface area contributed by atoms with E-state index in [1.807, 2.05) is 0 Å². The van der Waals surface area contributed by atoms with Crippen LogP contribution in [0, 0.1) is 5.82 Å². The summed E-state index contributed by atoms with van der Waals surface area (Å²) in [6, 6.07) is 4.38. The van der Waals surface area contributed by atoms with E-state index in [-0.39, 0.29) is 5.82 Å². The molecule has 1 atom stereocenters. The molecule has 0 fully saturated rings. The van der Waals surface area contributed by atoms with E-state index in [4.69, 9.17) is 5.11 Å². The van der Waals surface area contributed by atoms with Crippen molar-refractivity contribution in [2.75, 3.05) is 11.9 Å². The molecular formula is C9H11BrFNO. The van der Waals surface area contributed by atoms with Crippen LogP contribution >= 0.6 is 15.9 Å². The minimum Gasteiger partial charge on any atom is -0.392 e. The van der Waals surface area contributed by atoms with Crippen LogP contribution in [0.25, 0.3) is 0 Å². The zero-order chi connectivity index (χ0) is 9.84. The summed E-state index contributed by atoms with van der Waals surface area (Å²) in [6.07, 6.45) is -0.419. The molecule has 1 aromatic rings. The summed E-state index contributed by atoms with van der Waals surface area (Å²) < 4.78 is 13.3. The average Bonchev–Trinajstić information content (AvgIpc) is 2.02. The van der Waals surface area contributed by atoms with Crippen LogP contribution < -0.4 is 5.32 Å². The molecule has 0 aromatic heterocycles. The van der Waals surface area contributed by atoms with E-state index in [0.29, 0.717) is 11.0 Å². The number of nitrogens with one attached hydrogen (secondary N) is 1. The van der Waals surface area contributed by atoms with Gasteiger partial charge in [-0.1, -0.05) is 0 Å². The van der Waals surface area contributed by atoms with Gasteiger partial charge in [-0.05, 0) is 41.1 Å². The lowest BCUT2D eigenvalue weighted by Gasteiger charge is -2.09. The molecule has 0 bridgehead atoms. The van der Waals surface area contributed by atoms with Gasteiger partial charge in [-0.25, -0.2) is 4.39 Å². The first-order chi connectivity index (χ1) is 6.09. The van der Waals surface area contributed by atoms with Gasteiger partial charge in [0, 0.05) is 16.7 Å². The SMILES string of the molecule is C[C@@H](O)CNc1ccc(F)cc1Br. The van der Waals surface area contributed by atoms with Gasteiger partial charge in [-0.2, -0.15) is 0 Å². The highest BCUT2D eigenvalue weighted by Crippen LogP contribution is 2.22. The quantitative estimate of drug-likeness (QED) is 0.860. The summed E-state index contributed by atoms with van der Waals surface area (Å²) in [4.78, 5) is 0. The Morgan fingerprint density at radius 2 is 2.31 bits per heavy atom. The number of anilines is 1. The molecule has 4 heteroatoms. The van der Waals surface area contributed by atoms with Gasteiger partial charge in [0.2, 0.25) is 0 Å². The third-order valence-electron chi connectivity index (χ3n) is 1.52. The lowest BCUT2D eigenvalue weighted by atomic mass is 10.3. The van der Waals surface area contributed by atoms with E-state index >= 15 is 0 Å². The zero-order valence-corrected chi connectivity index (χ0v) is 8.81. The van der Waals surface area contributed by atoms with Crippen LogP contribution in [0.15, 0.2) is 22.7 Å². The second kappa shape index (κ2) is 4.58. The molecule has 13 heavy (non-hydrogen) atoms. The molecule has 0 heterocycles. The average molecular weight is 248 g/mol. The van der Waals surface area contributed by atoms with Crippen molar-refractivity contribution in [2.45, 2.75) is 13.0 Å². The number of rotatable bonds is 3. The molecule has 0 saturated carbocycles. The van der Waals surface area contributed by atoms with Gasteiger partial charge in [0.05, 0.1) is 6.10 Å².